The minimum atomic E-state index is 0. The largest absolute Gasteiger partial charge is 0.333 e. The molecule has 1 aromatic rings. The third kappa shape index (κ3) is 4.14. The zero-order chi connectivity index (χ0) is 15.5. The van der Waals surface area contributed by atoms with Crippen LogP contribution in [0.15, 0.2) is 6.20 Å². The molecule has 1 aliphatic carbocycles. The Morgan fingerprint density at radius 1 is 0.917 bits per heavy atom. The number of hydrogen-bond donors (Lipinski definition) is 1. The van der Waals surface area contributed by atoms with Crippen LogP contribution in [-0.2, 0) is 6.54 Å². The van der Waals surface area contributed by atoms with Crippen molar-refractivity contribution >= 4 is 12.4 Å². The molecule has 1 saturated carbocycles. The van der Waals surface area contributed by atoms with E-state index in [0.717, 1.165) is 25.6 Å². The van der Waals surface area contributed by atoms with Gasteiger partial charge in [0.2, 0.25) is 0 Å². The van der Waals surface area contributed by atoms with E-state index >= 15 is 0 Å². The Bertz CT molecular complexity index is 497. The van der Waals surface area contributed by atoms with Gasteiger partial charge >= 0.3 is 0 Å². The van der Waals surface area contributed by atoms with Crippen LogP contribution in [0.4, 0.5) is 0 Å². The second-order valence-electron chi connectivity index (χ2n) is 7.77. The van der Waals surface area contributed by atoms with Crippen LogP contribution in [-0.4, -0.2) is 47.2 Å². The summed E-state index contributed by atoms with van der Waals surface area (Å²) in [5.41, 5.74) is 1.40. The highest BCUT2D eigenvalue weighted by Gasteiger charge is 2.25. The van der Waals surface area contributed by atoms with Crippen molar-refractivity contribution in [3.8, 4) is 0 Å². The van der Waals surface area contributed by atoms with Gasteiger partial charge in [0.25, 0.3) is 0 Å². The molecule has 0 unspecified atom stereocenters. The maximum atomic E-state index is 5.18. The molecule has 24 heavy (non-hydrogen) atoms. The van der Waals surface area contributed by atoms with Crippen LogP contribution in [0.5, 0.6) is 0 Å². The maximum absolute atomic E-state index is 5.18. The summed E-state index contributed by atoms with van der Waals surface area (Å²) in [5, 5.41) is 3.50. The number of halogens is 1. The summed E-state index contributed by atoms with van der Waals surface area (Å²) in [6, 6.07) is 0. The lowest BCUT2D eigenvalue weighted by molar-refractivity contribution is 0.316. The fraction of sp³-hybridized carbons (Fsp3) is 0.842. The Kier molecular flexibility index (Phi) is 6.59. The van der Waals surface area contributed by atoms with Gasteiger partial charge in [0, 0.05) is 31.1 Å². The molecule has 3 heterocycles. The number of likely N-dealkylation sites (tertiary alicyclic amines) is 1. The van der Waals surface area contributed by atoms with Crippen molar-refractivity contribution < 1.29 is 0 Å². The van der Waals surface area contributed by atoms with E-state index in [4.69, 9.17) is 4.98 Å². The predicted molar refractivity (Wildman–Crippen MR) is 101 cm³/mol. The first kappa shape index (κ1) is 18.2. The van der Waals surface area contributed by atoms with Crippen molar-refractivity contribution in [2.75, 3.05) is 32.7 Å². The maximum Gasteiger partial charge on any atom is 0.112 e. The molecule has 2 aliphatic heterocycles. The van der Waals surface area contributed by atoms with Crippen LogP contribution in [0.25, 0.3) is 0 Å². The number of hydrogen-bond acceptors (Lipinski definition) is 3. The van der Waals surface area contributed by atoms with Gasteiger partial charge in [-0.1, -0.05) is 12.8 Å². The van der Waals surface area contributed by atoms with Gasteiger partial charge in [0.1, 0.15) is 5.82 Å². The van der Waals surface area contributed by atoms with Crippen molar-refractivity contribution in [1.82, 2.24) is 19.8 Å². The lowest BCUT2D eigenvalue weighted by atomic mass is 9.97. The molecule has 136 valence electrons. The van der Waals surface area contributed by atoms with Crippen LogP contribution in [0, 0.1) is 0 Å². The molecule has 2 saturated heterocycles. The van der Waals surface area contributed by atoms with E-state index in [2.05, 4.69) is 21.0 Å². The summed E-state index contributed by atoms with van der Waals surface area (Å²) >= 11 is 0. The topological polar surface area (TPSA) is 33.1 Å². The van der Waals surface area contributed by atoms with Gasteiger partial charge in [-0.05, 0) is 64.7 Å². The summed E-state index contributed by atoms with van der Waals surface area (Å²) in [4.78, 5) is 7.80. The number of rotatable bonds is 5. The minimum absolute atomic E-state index is 0. The van der Waals surface area contributed by atoms with E-state index in [1.807, 2.05) is 0 Å². The summed E-state index contributed by atoms with van der Waals surface area (Å²) in [6.45, 7) is 7.25. The SMILES string of the molecule is Cl.c1c(C2CCCC2)nc(C2CCNCC2)n1CCN1CCCC1. The third-order valence-electron chi connectivity index (χ3n) is 6.16. The molecule has 4 rings (SSSR count). The number of nitrogens with zero attached hydrogens (tertiary/aromatic N) is 3. The van der Waals surface area contributed by atoms with E-state index in [1.54, 1.807) is 0 Å². The number of piperidine rings is 1. The first-order valence-electron chi connectivity index (χ1n) is 9.90. The molecule has 1 aromatic heterocycles. The second-order valence-corrected chi connectivity index (χ2v) is 7.77. The van der Waals surface area contributed by atoms with E-state index < -0.39 is 0 Å². The molecule has 3 fully saturated rings. The van der Waals surface area contributed by atoms with Gasteiger partial charge in [0.05, 0.1) is 5.69 Å². The first-order chi connectivity index (χ1) is 11.4. The molecule has 0 atom stereocenters. The molecule has 3 aliphatic rings. The van der Waals surface area contributed by atoms with Crippen molar-refractivity contribution in [2.45, 2.75) is 69.7 Å². The molecular weight excluding hydrogens is 320 g/mol. The van der Waals surface area contributed by atoms with E-state index in [9.17, 15) is 0 Å². The Balaban J connectivity index is 0.00000169. The molecule has 0 spiro atoms. The van der Waals surface area contributed by atoms with E-state index in [0.29, 0.717) is 5.92 Å². The Morgan fingerprint density at radius 2 is 1.62 bits per heavy atom. The normalized spacial score (nSPS) is 23.7. The van der Waals surface area contributed by atoms with Gasteiger partial charge in [-0.25, -0.2) is 4.98 Å². The van der Waals surface area contributed by atoms with Gasteiger partial charge in [-0.15, -0.1) is 12.4 Å². The lowest BCUT2D eigenvalue weighted by Gasteiger charge is -2.24. The summed E-state index contributed by atoms with van der Waals surface area (Å²) in [7, 11) is 0. The molecule has 1 N–H and O–H groups in total. The van der Waals surface area contributed by atoms with E-state index in [-0.39, 0.29) is 12.4 Å². The molecule has 0 bridgehead atoms. The average molecular weight is 353 g/mol. The highest BCUT2D eigenvalue weighted by Crippen LogP contribution is 2.35. The highest BCUT2D eigenvalue weighted by molar-refractivity contribution is 5.85. The van der Waals surface area contributed by atoms with Gasteiger partial charge in [-0.3, -0.25) is 0 Å². The Labute approximate surface area is 152 Å². The predicted octanol–water partition coefficient (Wildman–Crippen LogP) is 3.53. The first-order valence-corrected chi connectivity index (χ1v) is 9.90. The Morgan fingerprint density at radius 3 is 2.33 bits per heavy atom. The standard InChI is InChI=1S/C19H32N4.ClH/c1-2-6-16(5-1)18-15-23(14-13-22-11-3-4-12-22)19(21-18)17-7-9-20-10-8-17;/h15-17,20H,1-14H2;1H. The van der Waals surface area contributed by atoms with Gasteiger partial charge in [0.15, 0.2) is 0 Å². The van der Waals surface area contributed by atoms with Gasteiger partial charge in [-0.2, -0.15) is 0 Å². The lowest BCUT2D eigenvalue weighted by Crippen LogP contribution is -2.29. The van der Waals surface area contributed by atoms with Crippen molar-refractivity contribution in [2.24, 2.45) is 0 Å². The highest BCUT2D eigenvalue weighted by atomic mass is 35.5. The third-order valence-corrected chi connectivity index (χ3v) is 6.16. The molecule has 0 aromatic carbocycles. The van der Waals surface area contributed by atoms with Crippen LogP contribution >= 0.6 is 12.4 Å². The number of aromatic nitrogens is 2. The van der Waals surface area contributed by atoms with Crippen LogP contribution in [0.2, 0.25) is 0 Å². The quantitative estimate of drug-likeness (QED) is 0.880. The van der Waals surface area contributed by atoms with Crippen molar-refractivity contribution in [3.63, 3.8) is 0 Å². The van der Waals surface area contributed by atoms with Gasteiger partial charge < -0.3 is 14.8 Å². The zero-order valence-electron chi connectivity index (χ0n) is 14.9. The molecule has 4 nitrogen and oxygen atoms in total. The summed E-state index contributed by atoms with van der Waals surface area (Å²) in [5.74, 6) is 2.81. The number of imidazole rings is 1. The Hall–Kier alpha value is -0.580. The molecular formula is C19H33ClN4. The van der Waals surface area contributed by atoms with Crippen LogP contribution in [0.3, 0.4) is 0 Å². The van der Waals surface area contributed by atoms with E-state index in [1.165, 1.54) is 82.5 Å². The molecule has 5 heteroatoms. The van der Waals surface area contributed by atoms with Crippen LogP contribution < -0.4 is 5.32 Å². The molecule has 0 amide bonds. The monoisotopic (exact) mass is 352 g/mol. The number of nitrogens with one attached hydrogen (secondary N) is 1. The average Bonchev–Trinajstić information content (AvgIpc) is 3.33. The fourth-order valence-electron chi connectivity index (χ4n) is 4.71. The smallest absolute Gasteiger partial charge is 0.112 e. The fourth-order valence-corrected chi connectivity index (χ4v) is 4.71. The second kappa shape index (κ2) is 8.68. The zero-order valence-corrected chi connectivity index (χ0v) is 15.7. The minimum Gasteiger partial charge on any atom is -0.333 e. The van der Waals surface area contributed by atoms with Crippen molar-refractivity contribution in [1.29, 1.82) is 0 Å². The molecule has 0 radical (unpaired) electrons. The van der Waals surface area contributed by atoms with Crippen molar-refractivity contribution in [3.05, 3.63) is 17.7 Å². The summed E-state index contributed by atoms with van der Waals surface area (Å²) in [6.07, 6.45) is 13.2. The van der Waals surface area contributed by atoms with Crippen LogP contribution in [0.1, 0.15) is 74.7 Å². The summed E-state index contributed by atoms with van der Waals surface area (Å²) < 4.78 is 2.53.